The largest absolute Gasteiger partial charge is 0.491 e. The lowest BCUT2D eigenvalue weighted by molar-refractivity contribution is -0.123. The first-order valence-electron chi connectivity index (χ1n) is 7.44. The minimum atomic E-state index is -0.688. The van der Waals surface area contributed by atoms with Crippen LogP contribution < -0.4 is 15.4 Å². The zero-order valence-corrected chi connectivity index (χ0v) is 13.5. The molecule has 0 heterocycles. The standard InChI is InChI=1S/C16H22N2O5/c1-4-9-17-16(21)18-14(19)10-22-15(20)12-5-7-13(8-6-12)23-11(2)3/h5-8,11H,4,9-10H2,1-3H3,(H2,17,18,19,21). The Morgan fingerprint density at radius 3 is 2.35 bits per heavy atom. The maximum absolute atomic E-state index is 11.8. The second-order valence-corrected chi connectivity index (χ2v) is 5.07. The Bertz CT molecular complexity index is 540. The first-order valence-corrected chi connectivity index (χ1v) is 7.44. The van der Waals surface area contributed by atoms with Gasteiger partial charge in [-0.25, -0.2) is 9.59 Å². The van der Waals surface area contributed by atoms with Crippen molar-refractivity contribution in [1.29, 1.82) is 0 Å². The van der Waals surface area contributed by atoms with Crippen molar-refractivity contribution >= 4 is 17.9 Å². The molecule has 1 rings (SSSR count). The first-order chi connectivity index (χ1) is 10.9. The number of ether oxygens (including phenoxy) is 2. The van der Waals surface area contributed by atoms with Gasteiger partial charge < -0.3 is 14.8 Å². The van der Waals surface area contributed by atoms with Crippen LogP contribution in [0, 0.1) is 0 Å². The molecule has 7 heteroatoms. The molecule has 0 radical (unpaired) electrons. The van der Waals surface area contributed by atoms with Crippen molar-refractivity contribution < 1.29 is 23.9 Å². The number of hydrogen-bond acceptors (Lipinski definition) is 5. The Hall–Kier alpha value is -2.57. The van der Waals surface area contributed by atoms with Crippen LogP contribution >= 0.6 is 0 Å². The van der Waals surface area contributed by atoms with Crippen molar-refractivity contribution in [3.05, 3.63) is 29.8 Å². The van der Waals surface area contributed by atoms with Crippen molar-refractivity contribution in [3.63, 3.8) is 0 Å². The Morgan fingerprint density at radius 2 is 1.78 bits per heavy atom. The minimum Gasteiger partial charge on any atom is -0.491 e. The number of urea groups is 1. The van der Waals surface area contributed by atoms with Crippen LogP contribution in [0.5, 0.6) is 5.75 Å². The van der Waals surface area contributed by atoms with Crippen LogP contribution in [0.1, 0.15) is 37.6 Å². The normalized spacial score (nSPS) is 10.1. The quantitative estimate of drug-likeness (QED) is 0.747. The number of hydrogen-bond donors (Lipinski definition) is 2. The highest BCUT2D eigenvalue weighted by Gasteiger charge is 2.12. The lowest BCUT2D eigenvalue weighted by Crippen LogP contribution is -2.41. The van der Waals surface area contributed by atoms with Gasteiger partial charge >= 0.3 is 12.0 Å². The molecule has 1 aromatic rings. The Kier molecular flexibility index (Phi) is 7.59. The Labute approximate surface area is 135 Å². The maximum atomic E-state index is 11.8. The van der Waals surface area contributed by atoms with E-state index in [1.165, 1.54) is 0 Å². The number of imide groups is 1. The summed E-state index contributed by atoms with van der Waals surface area (Å²) in [6.07, 6.45) is 0.794. The molecule has 0 fully saturated rings. The summed E-state index contributed by atoms with van der Waals surface area (Å²) in [7, 11) is 0. The lowest BCUT2D eigenvalue weighted by atomic mass is 10.2. The van der Waals surface area contributed by atoms with Crippen LogP contribution in [-0.2, 0) is 9.53 Å². The Morgan fingerprint density at radius 1 is 1.13 bits per heavy atom. The second-order valence-electron chi connectivity index (χ2n) is 5.07. The van der Waals surface area contributed by atoms with E-state index in [4.69, 9.17) is 9.47 Å². The second kappa shape index (κ2) is 9.45. The van der Waals surface area contributed by atoms with Gasteiger partial charge in [0, 0.05) is 6.54 Å². The predicted octanol–water partition coefficient (Wildman–Crippen LogP) is 1.87. The molecule has 0 saturated carbocycles. The smallest absolute Gasteiger partial charge is 0.338 e. The number of esters is 1. The number of nitrogens with one attached hydrogen (secondary N) is 2. The highest BCUT2D eigenvalue weighted by Crippen LogP contribution is 2.14. The van der Waals surface area contributed by atoms with Gasteiger partial charge in [-0.1, -0.05) is 6.92 Å². The van der Waals surface area contributed by atoms with Crippen molar-refractivity contribution in [2.24, 2.45) is 0 Å². The fraction of sp³-hybridized carbons (Fsp3) is 0.438. The molecule has 1 aromatic carbocycles. The van der Waals surface area contributed by atoms with Crippen molar-refractivity contribution in [3.8, 4) is 5.75 Å². The molecule has 0 atom stereocenters. The van der Waals surface area contributed by atoms with Gasteiger partial charge in [-0.3, -0.25) is 10.1 Å². The van der Waals surface area contributed by atoms with E-state index in [1.807, 2.05) is 20.8 Å². The van der Waals surface area contributed by atoms with Gasteiger partial charge in [0.25, 0.3) is 5.91 Å². The van der Waals surface area contributed by atoms with Gasteiger partial charge in [0.2, 0.25) is 0 Å². The summed E-state index contributed by atoms with van der Waals surface area (Å²) in [5.74, 6) is -0.696. The van der Waals surface area contributed by atoms with Crippen LogP contribution in [0.3, 0.4) is 0 Å². The highest BCUT2D eigenvalue weighted by atomic mass is 16.5. The first kappa shape index (κ1) is 18.5. The molecule has 0 unspecified atom stereocenters. The molecule has 3 amide bonds. The summed E-state index contributed by atoms with van der Waals surface area (Å²) in [5.41, 5.74) is 0.296. The summed E-state index contributed by atoms with van der Waals surface area (Å²) in [4.78, 5) is 34.5. The van der Waals surface area contributed by atoms with E-state index >= 15 is 0 Å². The number of amides is 3. The summed E-state index contributed by atoms with van der Waals surface area (Å²) >= 11 is 0. The zero-order chi connectivity index (χ0) is 17.2. The van der Waals surface area contributed by atoms with E-state index in [1.54, 1.807) is 24.3 Å². The monoisotopic (exact) mass is 322 g/mol. The molecule has 0 saturated heterocycles. The Balaban J connectivity index is 2.41. The molecular formula is C16H22N2O5. The number of benzene rings is 1. The van der Waals surface area contributed by atoms with Gasteiger partial charge in [-0.05, 0) is 44.5 Å². The van der Waals surface area contributed by atoms with Gasteiger partial charge in [0.15, 0.2) is 6.61 Å². The topological polar surface area (TPSA) is 93.7 Å². The van der Waals surface area contributed by atoms with Crippen LogP contribution in [0.4, 0.5) is 4.79 Å². The maximum Gasteiger partial charge on any atom is 0.338 e. The van der Waals surface area contributed by atoms with E-state index in [9.17, 15) is 14.4 Å². The average Bonchev–Trinajstić information content (AvgIpc) is 2.50. The van der Waals surface area contributed by atoms with Gasteiger partial charge in [0.1, 0.15) is 5.75 Å². The van der Waals surface area contributed by atoms with E-state index in [2.05, 4.69) is 10.6 Å². The van der Waals surface area contributed by atoms with E-state index in [0.29, 0.717) is 17.9 Å². The SMILES string of the molecule is CCCNC(=O)NC(=O)COC(=O)c1ccc(OC(C)C)cc1. The van der Waals surface area contributed by atoms with Crippen molar-refractivity contribution in [1.82, 2.24) is 10.6 Å². The molecule has 0 aromatic heterocycles. The summed E-state index contributed by atoms with van der Waals surface area (Å²) in [6.45, 7) is 5.63. The third kappa shape index (κ3) is 7.30. The fourth-order valence-electron chi connectivity index (χ4n) is 1.60. The average molecular weight is 322 g/mol. The van der Waals surface area contributed by atoms with Crippen LogP contribution in [0.25, 0.3) is 0 Å². The molecule has 126 valence electrons. The molecule has 0 spiro atoms. The number of rotatable bonds is 7. The molecule has 7 nitrogen and oxygen atoms in total. The minimum absolute atomic E-state index is 0.0374. The molecule has 23 heavy (non-hydrogen) atoms. The summed E-state index contributed by atoms with van der Waals surface area (Å²) < 4.78 is 10.3. The summed E-state index contributed by atoms with van der Waals surface area (Å²) in [5, 5.41) is 4.55. The third-order valence-electron chi connectivity index (χ3n) is 2.58. The fourth-order valence-corrected chi connectivity index (χ4v) is 1.60. The number of carbonyl (C=O) groups is 3. The van der Waals surface area contributed by atoms with Gasteiger partial charge in [0.05, 0.1) is 11.7 Å². The van der Waals surface area contributed by atoms with E-state index in [-0.39, 0.29) is 6.10 Å². The molecule has 0 bridgehead atoms. The van der Waals surface area contributed by atoms with Gasteiger partial charge in [-0.2, -0.15) is 0 Å². The number of carbonyl (C=O) groups excluding carboxylic acids is 3. The molecule has 0 aliphatic rings. The lowest BCUT2D eigenvalue weighted by Gasteiger charge is -2.10. The van der Waals surface area contributed by atoms with Gasteiger partial charge in [-0.15, -0.1) is 0 Å². The predicted molar refractivity (Wildman–Crippen MR) is 84.3 cm³/mol. The van der Waals surface area contributed by atoms with Crippen LogP contribution in [0.15, 0.2) is 24.3 Å². The molecule has 0 aliphatic carbocycles. The van der Waals surface area contributed by atoms with Crippen LogP contribution in [0.2, 0.25) is 0 Å². The molecular weight excluding hydrogens is 300 g/mol. The van der Waals surface area contributed by atoms with Crippen molar-refractivity contribution in [2.45, 2.75) is 33.3 Å². The third-order valence-corrected chi connectivity index (χ3v) is 2.58. The molecule has 2 N–H and O–H groups in total. The van der Waals surface area contributed by atoms with E-state index in [0.717, 1.165) is 6.42 Å². The van der Waals surface area contributed by atoms with Crippen molar-refractivity contribution in [2.75, 3.05) is 13.2 Å². The van der Waals surface area contributed by atoms with Crippen LogP contribution in [-0.4, -0.2) is 37.2 Å². The summed E-state index contributed by atoms with van der Waals surface area (Å²) in [6, 6.07) is 5.78. The zero-order valence-electron chi connectivity index (χ0n) is 13.5. The van der Waals surface area contributed by atoms with E-state index < -0.39 is 24.5 Å². The highest BCUT2D eigenvalue weighted by molar-refractivity contribution is 5.97. The molecule has 0 aliphatic heterocycles.